The zero-order valence-electron chi connectivity index (χ0n) is 15.4. The van der Waals surface area contributed by atoms with Crippen LogP contribution in [0, 0.1) is 5.82 Å². The van der Waals surface area contributed by atoms with Crippen molar-refractivity contribution in [2.24, 2.45) is 0 Å². The normalized spacial score (nSPS) is 10.5. The van der Waals surface area contributed by atoms with Gasteiger partial charge in [0.1, 0.15) is 16.5 Å². The highest BCUT2D eigenvalue weighted by molar-refractivity contribution is 7.13. The van der Waals surface area contributed by atoms with E-state index in [1.807, 2.05) is 0 Å². The molecule has 0 fully saturated rings. The topological polar surface area (TPSA) is 129 Å². The van der Waals surface area contributed by atoms with Crippen LogP contribution in [-0.2, 0) is 13.0 Å². The van der Waals surface area contributed by atoms with Crippen molar-refractivity contribution in [3.8, 4) is 0 Å². The van der Waals surface area contributed by atoms with Crippen LogP contribution in [0.4, 0.5) is 14.3 Å². The molecule has 9 nitrogen and oxygen atoms in total. The van der Waals surface area contributed by atoms with Crippen molar-refractivity contribution in [1.29, 1.82) is 0 Å². The second-order valence-corrected chi connectivity index (χ2v) is 7.27. The molecule has 0 atom stereocenters. The van der Waals surface area contributed by atoms with E-state index >= 15 is 0 Å². The molecule has 156 valence electrons. The number of hydrogen-bond acceptors (Lipinski definition) is 6. The Labute approximate surface area is 178 Å². The number of anilines is 1. The van der Waals surface area contributed by atoms with Crippen LogP contribution in [0.1, 0.15) is 21.6 Å². The fourth-order valence-corrected chi connectivity index (χ4v) is 3.29. The van der Waals surface area contributed by atoms with E-state index in [2.05, 4.69) is 31.1 Å². The SMILES string of the molecule is O=C(NCc1cccc(F)c1)Nc1nc(CCNC(=O)c2cc(Cl)n[nH]c2=O)cs1. The van der Waals surface area contributed by atoms with Gasteiger partial charge >= 0.3 is 6.03 Å². The zero-order chi connectivity index (χ0) is 21.5. The molecule has 30 heavy (non-hydrogen) atoms. The number of carbonyl (C=O) groups excluding carboxylic acids is 2. The fourth-order valence-electron chi connectivity index (χ4n) is 2.40. The van der Waals surface area contributed by atoms with Crippen LogP contribution in [0.3, 0.4) is 0 Å². The minimum atomic E-state index is -0.638. The lowest BCUT2D eigenvalue weighted by Gasteiger charge is -2.05. The molecule has 0 saturated carbocycles. The monoisotopic (exact) mass is 450 g/mol. The summed E-state index contributed by atoms with van der Waals surface area (Å²) in [6.07, 6.45) is 0.394. The molecule has 0 saturated heterocycles. The van der Waals surface area contributed by atoms with E-state index in [9.17, 15) is 18.8 Å². The number of amides is 3. The Morgan fingerprint density at radius 1 is 1.23 bits per heavy atom. The molecule has 0 unspecified atom stereocenters. The maximum absolute atomic E-state index is 13.1. The van der Waals surface area contributed by atoms with Gasteiger partial charge in [-0.15, -0.1) is 11.3 Å². The smallest absolute Gasteiger partial charge is 0.321 e. The minimum Gasteiger partial charge on any atom is -0.351 e. The van der Waals surface area contributed by atoms with Crippen molar-refractivity contribution in [3.63, 3.8) is 0 Å². The second-order valence-electron chi connectivity index (χ2n) is 6.02. The van der Waals surface area contributed by atoms with Gasteiger partial charge in [0.05, 0.1) is 5.69 Å². The maximum Gasteiger partial charge on any atom is 0.321 e. The Hall–Kier alpha value is -3.31. The van der Waals surface area contributed by atoms with Gasteiger partial charge in [0.2, 0.25) is 0 Å². The summed E-state index contributed by atoms with van der Waals surface area (Å²) in [5.74, 6) is -0.950. The van der Waals surface area contributed by atoms with Crippen LogP contribution < -0.4 is 21.5 Å². The molecule has 3 rings (SSSR count). The van der Waals surface area contributed by atoms with Gasteiger partial charge < -0.3 is 10.6 Å². The summed E-state index contributed by atoms with van der Waals surface area (Å²) in [5.41, 5.74) is 0.518. The average Bonchev–Trinajstić information content (AvgIpc) is 3.15. The maximum atomic E-state index is 13.1. The highest BCUT2D eigenvalue weighted by Gasteiger charge is 2.12. The van der Waals surface area contributed by atoms with Crippen molar-refractivity contribution in [1.82, 2.24) is 25.8 Å². The molecule has 0 aliphatic heterocycles. The first-order chi connectivity index (χ1) is 14.4. The second kappa shape index (κ2) is 9.94. The van der Waals surface area contributed by atoms with Gasteiger partial charge in [0.25, 0.3) is 11.5 Å². The number of nitrogens with one attached hydrogen (secondary N) is 4. The summed E-state index contributed by atoms with van der Waals surface area (Å²) < 4.78 is 13.1. The Morgan fingerprint density at radius 3 is 2.87 bits per heavy atom. The van der Waals surface area contributed by atoms with Crippen LogP contribution in [0.2, 0.25) is 5.15 Å². The third-order valence-corrected chi connectivity index (χ3v) is 4.80. The lowest BCUT2D eigenvalue weighted by molar-refractivity contribution is 0.0952. The van der Waals surface area contributed by atoms with Crippen LogP contribution in [0.25, 0.3) is 0 Å². The minimum absolute atomic E-state index is 0.00522. The molecule has 4 N–H and O–H groups in total. The van der Waals surface area contributed by atoms with Crippen molar-refractivity contribution in [2.75, 3.05) is 11.9 Å². The lowest BCUT2D eigenvalue weighted by atomic mass is 10.2. The van der Waals surface area contributed by atoms with Crippen LogP contribution in [0.15, 0.2) is 40.5 Å². The molecule has 0 radical (unpaired) electrons. The van der Waals surface area contributed by atoms with Gasteiger partial charge in [0.15, 0.2) is 5.13 Å². The first kappa shape index (κ1) is 21.4. The number of nitrogens with zero attached hydrogens (tertiary/aromatic N) is 2. The number of aromatic amines is 1. The number of hydrogen-bond donors (Lipinski definition) is 4. The number of benzene rings is 1. The Kier molecular flexibility index (Phi) is 7.09. The molecule has 0 aliphatic rings. The summed E-state index contributed by atoms with van der Waals surface area (Å²) in [5, 5.41) is 15.6. The molecule has 0 bridgehead atoms. The highest BCUT2D eigenvalue weighted by atomic mass is 35.5. The van der Waals surface area contributed by atoms with E-state index in [0.29, 0.717) is 22.8 Å². The third kappa shape index (κ3) is 6.09. The molecule has 3 aromatic rings. The predicted molar refractivity (Wildman–Crippen MR) is 110 cm³/mol. The quantitative estimate of drug-likeness (QED) is 0.439. The van der Waals surface area contributed by atoms with Crippen molar-refractivity contribution < 1.29 is 14.0 Å². The molecular formula is C18H16ClFN6O3S. The number of rotatable bonds is 7. The van der Waals surface area contributed by atoms with Crippen molar-refractivity contribution in [3.05, 3.63) is 73.9 Å². The molecule has 2 aromatic heterocycles. The van der Waals surface area contributed by atoms with Gasteiger partial charge in [-0.25, -0.2) is 19.3 Å². The number of halogens is 2. The Balaban J connectivity index is 1.44. The summed E-state index contributed by atoms with van der Waals surface area (Å²) >= 11 is 6.90. The van der Waals surface area contributed by atoms with Gasteiger partial charge in [-0.1, -0.05) is 23.7 Å². The van der Waals surface area contributed by atoms with E-state index < -0.39 is 17.5 Å². The fraction of sp³-hybridized carbons (Fsp3) is 0.167. The van der Waals surface area contributed by atoms with Gasteiger partial charge in [0, 0.05) is 24.9 Å². The predicted octanol–water partition coefficient (Wildman–Crippen LogP) is 2.31. The first-order valence-corrected chi connectivity index (χ1v) is 9.93. The van der Waals surface area contributed by atoms with E-state index in [-0.39, 0.29) is 29.6 Å². The average molecular weight is 451 g/mol. The number of aromatic nitrogens is 3. The van der Waals surface area contributed by atoms with Gasteiger partial charge in [-0.05, 0) is 23.8 Å². The number of H-pyrrole nitrogens is 1. The number of carbonyl (C=O) groups is 2. The molecular weight excluding hydrogens is 435 g/mol. The molecule has 0 aliphatic carbocycles. The van der Waals surface area contributed by atoms with E-state index in [1.54, 1.807) is 17.5 Å². The molecule has 3 amide bonds. The summed E-state index contributed by atoms with van der Waals surface area (Å²) in [4.78, 5) is 39.8. The van der Waals surface area contributed by atoms with E-state index in [4.69, 9.17) is 11.6 Å². The van der Waals surface area contributed by atoms with Crippen LogP contribution >= 0.6 is 22.9 Å². The van der Waals surface area contributed by atoms with Gasteiger partial charge in [-0.2, -0.15) is 5.10 Å². The van der Waals surface area contributed by atoms with E-state index in [0.717, 1.165) is 0 Å². The van der Waals surface area contributed by atoms with Crippen molar-refractivity contribution in [2.45, 2.75) is 13.0 Å². The lowest BCUT2D eigenvalue weighted by Crippen LogP contribution is -2.31. The summed E-state index contributed by atoms with van der Waals surface area (Å²) in [7, 11) is 0. The third-order valence-electron chi connectivity index (χ3n) is 3.80. The zero-order valence-corrected chi connectivity index (χ0v) is 16.9. The summed E-state index contributed by atoms with van der Waals surface area (Å²) in [6.45, 7) is 0.402. The number of thiazole rings is 1. The first-order valence-electron chi connectivity index (χ1n) is 8.68. The highest BCUT2D eigenvalue weighted by Crippen LogP contribution is 2.15. The standard InChI is InChI=1S/C18H16ClFN6O3S/c19-14-7-13(16(28)26-25-14)15(27)21-5-4-12-9-30-18(23-12)24-17(29)22-8-10-2-1-3-11(20)6-10/h1-3,6-7,9H,4-5,8H2,(H,21,27)(H,26,28)(H2,22,23,24,29). The summed E-state index contributed by atoms with van der Waals surface area (Å²) in [6, 6.07) is 6.64. The molecule has 12 heteroatoms. The molecule has 1 aromatic carbocycles. The molecule has 2 heterocycles. The Morgan fingerprint density at radius 2 is 2.07 bits per heavy atom. The largest absolute Gasteiger partial charge is 0.351 e. The Bertz CT molecular complexity index is 1120. The van der Waals surface area contributed by atoms with Crippen LogP contribution in [0.5, 0.6) is 0 Å². The van der Waals surface area contributed by atoms with E-state index in [1.165, 1.54) is 29.5 Å². The number of urea groups is 1. The van der Waals surface area contributed by atoms with Gasteiger partial charge in [-0.3, -0.25) is 14.9 Å². The van der Waals surface area contributed by atoms with Crippen LogP contribution in [-0.4, -0.2) is 33.7 Å². The molecule has 0 spiro atoms. The van der Waals surface area contributed by atoms with Crippen molar-refractivity contribution >= 4 is 40.0 Å².